The molecule has 2 atom stereocenters. The highest BCUT2D eigenvalue weighted by atomic mass is 16.5. The summed E-state index contributed by atoms with van der Waals surface area (Å²) in [4.78, 5) is 24.9. The zero-order valence-electron chi connectivity index (χ0n) is 8.86. The number of methoxy groups -OCH3 is 1. The number of nitrogens with one attached hydrogen (secondary N) is 1. The zero-order chi connectivity index (χ0) is 10.8. The van der Waals surface area contributed by atoms with Gasteiger partial charge in [0.05, 0.1) is 13.2 Å². The monoisotopic (exact) mass is 212 g/mol. The van der Waals surface area contributed by atoms with Gasteiger partial charge in [-0.3, -0.25) is 14.5 Å². The standard InChI is InChI=1S/C10H16N2O3/c1-15-10(14)8-4-6-12(8)7-3-2-5-11-9(7)13/h7-8H,2-6H2,1H3,(H,11,13). The molecule has 0 bridgehead atoms. The van der Waals surface area contributed by atoms with E-state index in [2.05, 4.69) is 5.32 Å². The quantitative estimate of drug-likeness (QED) is 0.628. The summed E-state index contributed by atoms with van der Waals surface area (Å²) in [5.74, 6) is -0.172. The van der Waals surface area contributed by atoms with E-state index in [9.17, 15) is 9.59 Å². The maximum Gasteiger partial charge on any atom is 0.323 e. The third-order valence-corrected chi connectivity index (χ3v) is 3.19. The topological polar surface area (TPSA) is 58.6 Å². The Morgan fingerprint density at radius 3 is 2.87 bits per heavy atom. The van der Waals surface area contributed by atoms with Crippen LogP contribution in [-0.4, -0.2) is 49.1 Å². The van der Waals surface area contributed by atoms with Crippen LogP contribution in [0.2, 0.25) is 0 Å². The number of carbonyl (C=O) groups is 2. The van der Waals surface area contributed by atoms with Crippen LogP contribution in [0.4, 0.5) is 0 Å². The summed E-state index contributed by atoms with van der Waals surface area (Å²) in [5.41, 5.74) is 0. The lowest BCUT2D eigenvalue weighted by Crippen LogP contribution is -2.62. The van der Waals surface area contributed by atoms with Crippen LogP contribution >= 0.6 is 0 Å². The van der Waals surface area contributed by atoms with Gasteiger partial charge in [-0.25, -0.2) is 0 Å². The number of nitrogens with zero attached hydrogens (tertiary/aromatic N) is 1. The Hall–Kier alpha value is -1.10. The highest BCUT2D eigenvalue weighted by Crippen LogP contribution is 2.25. The van der Waals surface area contributed by atoms with Gasteiger partial charge in [-0.15, -0.1) is 0 Å². The predicted octanol–water partition coefficient (Wildman–Crippen LogP) is -0.488. The van der Waals surface area contributed by atoms with E-state index >= 15 is 0 Å². The second-order valence-corrected chi connectivity index (χ2v) is 4.01. The summed E-state index contributed by atoms with van der Waals surface area (Å²) in [7, 11) is 1.39. The zero-order valence-corrected chi connectivity index (χ0v) is 8.86. The molecule has 0 saturated carbocycles. The molecule has 0 aromatic heterocycles. The molecule has 5 heteroatoms. The van der Waals surface area contributed by atoms with Crippen LogP contribution in [0.5, 0.6) is 0 Å². The number of rotatable bonds is 2. The summed E-state index contributed by atoms with van der Waals surface area (Å²) in [6, 6.07) is -0.333. The van der Waals surface area contributed by atoms with Gasteiger partial charge in [0.2, 0.25) is 5.91 Å². The molecule has 0 aromatic carbocycles. The average molecular weight is 212 g/mol. The van der Waals surface area contributed by atoms with Crippen molar-refractivity contribution in [1.82, 2.24) is 10.2 Å². The number of hydrogen-bond acceptors (Lipinski definition) is 4. The fraction of sp³-hybridized carbons (Fsp3) is 0.800. The molecule has 0 aliphatic carbocycles. The van der Waals surface area contributed by atoms with Crippen molar-refractivity contribution < 1.29 is 14.3 Å². The highest BCUT2D eigenvalue weighted by Gasteiger charge is 2.42. The van der Waals surface area contributed by atoms with Gasteiger partial charge in [0.1, 0.15) is 6.04 Å². The summed E-state index contributed by atoms with van der Waals surface area (Å²) < 4.78 is 4.70. The van der Waals surface area contributed by atoms with Crippen molar-refractivity contribution in [2.24, 2.45) is 0 Å². The molecule has 2 fully saturated rings. The number of likely N-dealkylation sites (tertiary alicyclic amines) is 1. The molecule has 2 aliphatic rings. The van der Waals surface area contributed by atoms with Gasteiger partial charge >= 0.3 is 5.97 Å². The van der Waals surface area contributed by atoms with Crippen molar-refractivity contribution in [2.75, 3.05) is 20.2 Å². The van der Waals surface area contributed by atoms with Crippen molar-refractivity contribution in [3.63, 3.8) is 0 Å². The lowest BCUT2D eigenvalue weighted by Gasteiger charge is -2.44. The SMILES string of the molecule is COC(=O)C1CCN1C1CCCNC1=O. The number of piperidine rings is 1. The van der Waals surface area contributed by atoms with Gasteiger partial charge < -0.3 is 10.1 Å². The minimum atomic E-state index is -0.223. The second kappa shape index (κ2) is 4.18. The van der Waals surface area contributed by atoms with Crippen LogP contribution < -0.4 is 5.32 Å². The number of carbonyl (C=O) groups excluding carboxylic acids is 2. The fourth-order valence-electron chi connectivity index (χ4n) is 2.24. The number of amides is 1. The van der Waals surface area contributed by atoms with Crippen LogP contribution in [0, 0.1) is 0 Å². The normalized spacial score (nSPS) is 31.7. The number of ether oxygens (including phenoxy) is 1. The van der Waals surface area contributed by atoms with Gasteiger partial charge in [0, 0.05) is 13.1 Å². The molecule has 0 radical (unpaired) electrons. The summed E-state index contributed by atoms with van der Waals surface area (Å²) in [5, 5.41) is 2.83. The Balaban J connectivity index is 1.98. The van der Waals surface area contributed by atoms with Crippen LogP contribution in [0.1, 0.15) is 19.3 Å². The lowest BCUT2D eigenvalue weighted by molar-refractivity contribution is -0.156. The molecular weight excluding hydrogens is 196 g/mol. The van der Waals surface area contributed by atoms with Crippen LogP contribution in [0.3, 0.4) is 0 Å². The summed E-state index contributed by atoms with van der Waals surface area (Å²) in [6.07, 6.45) is 2.64. The molecule has 2 rings (SSSR count). The van der Waals surface area contributed by atoms with Gasteiger partial charge in [0.25, 0.3) is 0 Å². The van der Waals surface area contributed by atoms with Crippen molar-refractivity contribution >= 4 is 11.9 Å². The van der Waals surface area contributed by atoms with Crippen LogP contribution in [0.15, 0.2) is 0 Å². The smallest absolute Gasteiger partial charge is 0.323 e. The molecule has 84 valence electrons. The predicted molar refractivity (Wildman–Crippen MR) is 53.2 cm³/mol. The van der Waals surface area contributed by atoms with Crippen LogP contribution in [-0.2, 0) is 14.3 Å². The molecule has 2 unspecified atom stereocenters. The van der Waals surface area contributed by atoms with E-state index in [0.29, 0.717) is 0 Å². The minimum Gasteiger partial charge on any atom is -0.468 e. The Morgan fingerprint density at radius 2 is 2.33 bits per heavy atom. The summed E-state index contributed by atoms with van der Waals surface area (Å²) >= 11 is 0. The van der Waals surface area contributed by atoms with Gasteiger partial charge in [-0.1, -0.05) is 0 Å². The maximum atomic E-state index is 11.6. The van der Waals surface area contributed by atoms with E-state index in [4.69, 9.17) is 4.74 Å². The molecule has 5 nitrogen and oxygen atoms in total. The van der Waals surface area contributed by atoms with E-state index in [1.807, 2.05) is 4.90 Å². The largest absolute Gasteiger partial charge is 0.468 e. The number of hydrogen-bond donors (Lipinski definition) is 1. The molecule has 2 saturated heterocycles. The van der Waals surface area contributed by atoms with Gasteiger partial charge in [-0.2, -0.15) is 0 Å². The van der Waals surface area contributed by atoms with Crippen LogP contribution in [0.25, 0.3) is 0 Å². The molecule has 0 spiro atoms. The van der Waals surface area contributed by atoms with Crippen molar-refractivity contribution in [3.05, 3.63) is 0 Å². The second-order valence-electron chi connectivity index (χ2n) is 4.01. The van der Waals surface area contributed by atoms with E-state index in [-0.39, 0.29) is 24.0 Å². The molecule has 0 aromatic rings. The first-order valence-corrected chi connectivity index (χ1v) is 5.35. The Labute approximate surface area is 88.8 Å². The van der Waals surface area contributed by atoms with E-state index in [1.54, 1.807) is 0 Å². The van der Waals surface area contributed by atoms with Crippen molar-refractivity contribution in [3.8, 4) is 0 Å². The van der Waals surface area contributed by atoms with Crippen molar-refractivity contribution in [1.29, 1.82) is 0 Å². The first-order valence-electron chi connectivity index (χ1n) is 5.35. The molecule has 2 aliphatic heterocycles. The van der Waals surface area contributed by atoms with Crippen molar-refractivity contribution in [2.45, 2.75) is 31.3 Å². The van der Waals surface area contributed by atoms with E-state index < -0.39 is 0 Å². The molecule has 1 amide bonds. The highest BCUT2D eigenvalue weighted by molar-refractivity contribution is 5.84. The molecule has 2 heterocycles. The maximum absolute atomic E-state index is 11.6. The van der Waals surface area contributed by atoms with Gasteiger partial charge in [-0.05, 0) is 19.3 Å². The van der Waals surface area contributed by atoms with E-state index in [1.165, 1.54) is 7.11 Å². The summed E-state index contributed by atoms with van der Waals surface area (Å²) in [6.45, 7) is 1.57. The molecular formula is C10H16N2O3. The average Bonchev–Trinajstić information content (AvgIpc) is 2.19. The molecule has 1 N–H and O–H groups in total. The molecule has 15 heavy (non-hydrogen) atoms. The minimum absolute atomic E-state index is 0.0508. The first-order chi connectivity index (χ1) is 7.24. The first kappa shape index (κ1) is 10.4. The Bertz CT molecular complexity index is 280. The Morgan fingerprint density at radius 1 is 1.53 bits per heavy atom. The lowest BCUT2D eigenvalue weighted by atomic mass is 9.95. The Kier molecular flexibility index (Phi) is 2.90. The fourth-order valence-corrected chi connectivity index (χ4v) is 2.24. The third-order valence-electron chi connectivity index (χ3n) is 3.19. The third kappa shape index (κ3) is 1.84. The number of esters is 1. The van der Waals surface area contributed by atoms with Gasteiger partial charge in [0.15, 0.2) is 0 Å². The van der Waals surface area contributed by atoms with E-state index in [0.717, 1.165) is 32.4 Å².